The predicted molar refractivity (Wildman–Crippen MR) is 69.7 cm³/mol. The Bertz CT molecular complexity index is 523. The van der Waals surface area contributed by atoms with Crippen LogP contribution in [-0.4, -0.2) is 13.0 Å². The van der Waals surface area contributed by atoms with E-state index in [4.69, 9.17) is 10.5 Å². The van der Waals surface area contributed by atoms with E-state index in [2.05, 4.69) is 5.32 Å². The maximum atomic E-state index is 11.8. The normalized spacial score (nSPS) is 9.94. The molecule has 1 aromatic carbocycles. The second-order valence-electron chi connectivity index (χ2n) is 3.39. The van der Waals surface area contributed by atoms with Crippen molar-refractivity contribution in [2.24, 2.45) is 0 Å². The summed E-state index contributed by atoms with van der Waals surface area (Å²) in [4.78, 5) is 12.5. The summed E-state index contributed by atoms with van der Waals surface area (Å²) in [7, 11) is 1.54. The number of nitrogen functional groups attached to an aromatic ring is 1. The predicted octanol–water partition coefficient (Wildman–Crippen LogP) is 2.59. The molecule has 2 aromatic rings. The highest BCUT2D eigenvalue weighted by Gasteiger charge is 2.08. The summed E-state index contributed by atoms with van der Waals surface area (Å²) in [5.41, 5.74) is 6.89. The molecule has 1 heterocycles. The Balaban J connectivity index is 2.16. The summed E-state index contributed by atoms with van der Waals surface area (Å²) in [6, 6.07) is 8.74. The first kappa shape index (κ1) is 11.5. The van der Waals surface area contributed by atoms with Gasteiger partial charge in [-0.2, -0.15) is 0 Å². The summed E-state index contributed by atoms with van der Waals surface area (Å²) >= 11 is 1.40. The highest BCUT2D eigenvalue weighted by molar-refractivity contribution is 7.12. The fourth-order valence-electron chi connectivity index (χ4n) is 1.39. The number of methoxy groups -OCH3 is 1. The van der Waals surface area contributed by atoms with Crippen LogP contribution in [0.3, 0.4) is 0 Å². The molecule has 0 aliphatic rings. The molecule has 1 aromatic heterocycles. The third-order valence-corrected chi connectivity index (χ3v) is 3.10. The smallest absolute Gasteiger partial charge is 0.265 e. The molecule has 0 fully saturated rings. The van der Waals surface area contributed by atoms with Gasteiger partial charge >= 0.3 is 0 Å². The molecule has 0 aliphatic carbocycles. The minimum atomic E-state index is -0.133. The third kappa shape index (κ3) is 2.57. The van der Waals surface area contributed by atoms with Gasteiger partial charge in [0.2, 0.25) is 0 Å². The molecule has 0 unspecified atom stereocenters. The van der Waals surface area contributed by atoms with Crippen molar-refractivity contribution in [2.45, 2.75) is 0 Å². The van der Waals surface area contributed by atoms with E-state index in [1.807, 2.05) is 11.4 Å². The van der Waals surface area contributed by atoms with Crippen LogP contribution in [0.4, 0.5) is 11.4 Å². The Morgan fingerprint density at radius 3 is 2.88 bits per heavy atom. The Labute approximate surface area is 103 Å². The first-order valence-corrected chi connectivity index (χ1v) is 5.87. The molecule has 0 saturated heterocycles. The molecular formula is C12H12N2O2S. The van der Waals surface area contributed by atoms with Crippen molar-refractivity contribution in [1.82, 2.24) is 0 Å². The van der Waals surface area contributed by atoms with Gasteiger partial charge in [0.25, 0.3) is 5.91 Å². The van der Waals surface area contributed by atoms with Crippen molar-refractivity contribution in [3.05, 3.63) is 40.6 Å². The van der Waals surface area contributed by atoms with E-state index in [9.17, 15) is 4.79 Å². The molecule has 3 N–H and O–H groups in total. The molecule has 1 amide bonds. The zero-order chi connectivity index (χ0) is 12.3. The molecule has 0 aliphatic heterocycles. The highest BCUT2D eigenvalue weighted by Crippen LogP contribution is 2.25. The average molecular weight is 248 g/mol. The van der Waals surface area contributed by atoms with Gasteiger partial charge in [0.05, 0.1) is 17.7 Å². The Hall–Kier alpha value is -2.01. The van der Waals surface area contributed by atoms with E-state index in [0.717, 1.165) is 0 Å². The summed E-state index contributed by atoms with van der Waals surface area (Å²) in [5, 5.41) is 4.64. The largest absolute Gasteiger partial charge is 0.495 e. The van der Waals surface area contributed by atoms with Crippen LogP contribution < -0.4 is 15.8 Å². The second-order valence-corrected chi connectivity index (χ2v) is 4.34. The number of anilines is 2. The number of amides is 1. The molecule has 0 atom stereocenters. The van der Waals surface area contributed by atoms with E-state index < -0.39 is 0 Å². The summed E-state index contributed by atoms with van der Waals surface area (Å²) in [6.07, 6.45) is 0. The lowest BCUT2D eigenvalue weighted by Crippen LogP contribution is -2.10. The number of thiophene rings is 1. The molecule has 88 valence electrons. The molecule has 5 heteroatoms. The van der Waals surface area contributed by atoms with Crippen LogP contribution in [0.1, 0.15) is 9.67 Å². The van der Waals surface area contributed by atoms with E-state index in [-0.39, 0.29) is 5.91 Å². The Morgan fingerprint density at radius 1 is 1.41 bits per heavy atom. The van der Waals surface area contributed by atoms with Crippen molar-refractivity contribution >= 4 is 28.6 Å². The molecule has 0 radical (unpaired) electrons. The minimum absolute atomic E-state index is 0.133. The van der Waals surface area contributed by atoms with E-state index in [1.54, 1.807) is 24.3 Å². The van der Waals surface area contributed by atoms with Gasteiger partial charge in [-0.05, 0) is 23.6 Å². The van der Waals surface area contributed by atoms with Gasteiger partial charge in [-0.3, -0.25) is 4.79 Å². The van der Waals surface area contributed by atoms with Crippen molar-refractivity contribution in [3.8, 4) is 5.75 Å². The number of hydrogen-bond acceptors (Lipinski definition) is 4. The van der Waals surface area contributed by atoms with Gasteiger partial charge in [0.15, 0.2) is 0 Å². The topological polar surface area (TPSA) is 64.3 Å². The lowest BCUT2D eigenvalue weighted by Gasteiger charge is -2.08. The van der Waals surface area contributed by atoms with Crippen LogP contribution in [0.5, 0.6) is 5.75 Å². The minimum Gasteiger partial charge on any atom is -0.495 e. The number of ether oxygens (including phenoxy) is 1. The van der Waals surface area contributed by atoms with Gasteiger partial charge in [-0.15, -0.1) is 11.3 Å². The lowest BCUT2D eigenvalue weighted by atomic mass is 10.2. The van der Waals surface area contributed by atoms with Crippen molar-refractivity contribution in [1.29, 1.82) is 0 Å². The molecule has 4 nitrogen and oxygen atoms in total. The van der Waals surface area contributed by atoms with Crippen molar-refractivity contribution in [3.63, 3.8) is 0 Å². The first-order chi connectivity index (χ1) is 8.20. The van der Waals surface area contributed by atoms with Crippen LogP contribution in [0.25, 0.3) is 0 Å². The number of carbonyl (C=O) groups excluding carboxylic acids is 1. The van der Waals surface area contributed by atoms with Crippen LogP contribution >= 0.6 is 11.3 Å². The molecule has 2 rings (SSSR count). The second kappa shape index (κ2) is 4.88. The van der Waals surface area contributed by atoms with Gasteiger partial charge in [-0.25, -0.2) is 0 Å². The van der Waals surface area contributed by atoms with E-state index >= 15 is 0 Å². The number of nitrogens with two attached hydrogens (primary N) is 1. The highest BCUT2D eigenvalue weighted by atomic mass is 32.1. The number of rotatable bonds is 3. The van der Waals surface area contributed by atoms with Gasteiger partial charge < -0.3 is 15.8 Å². The molecule has 0 saturated carbocycles. The number of nitrogens with one attached hydrogen (secondary N) is 1. The van der Waals surface area contributed by atoms with Gasteiger partial charge in [0, 0.05) is 11.8 Å². The van der Waals surface area contributed by atoms with Gasteiger partial charge in [-0.1, -0.05) is 6.07 Å². The average Bonchev–Trinajstić information content (AvgIpc) is 2.85. The fourth-order valence-corrected chi connectivity index (χ4v) is 2.01. The van der Waals surface area contributed by atoms with E-state index in [1.165, 1.54) is 18.4 Å². The fraction of sp³-hybridized carbons (Fsp3) is 0.0833. The van der Waals surface area contributed by atoms with Crippen LogP contribution in [0.2, 0.25) is 0 Å². The number of hydrogen-bond donors (Lipinski definition) is 2. The Morgan fingerprint density at radius 2 is 2.24 bits per heavy atom. The molecular weight excluding hydrogens is 236 g/mol. The standard InChI is InChI=1S/C12H12N2O2S/c1-16-10-7-8(4-5-9(10)13)14-12(15)11-3-2-6-17-11/h2-7H,13H2,1H3,(H,14,15). The zero-order valence-electron chi connectivity index (χ0n) is 9.27. The van der Waals surface area contributed by atoms with Crippen molar-refractivity contribution in [2.75, 3.05) is 18.2 Å². The summed E-state index contributed by atoms with van der Waals surface area (Å²) in [6.45, 7) is 0. The lowest BCUT2D eigenvalue weighted by molar-refractivity contribution is 0.103. The maximum absolute atomic E-state index is 11.8. The maximum Gasteiger partial charge on any atom is 0.265 e. The van der Waals surface area contributed by atoms with Gasteiger partial charge in [0.1, 0.15) is 5.75 Å². The molecule has 17 heavy (non-hydrogen) atoms. The van der Waals surface area contributed by atoms with Crippen LogP contribution in [0, 0.1) is 0 Å². The zero-order valence-corrected chi connectivity index (χ0v) is 10.1. The summed E-state index contributed by atoms with van der Waals surface area (Å²) in [5.74, 6) is 0.417. The monoisotopic (exact) mass is 248 g/mol. The first-order valence-electron chi connectivity index (χ1n) is 4.99. The quantitative estimate of drug-likeness (QED) is 0.820. The molecule has 0 spiro atoms. The Kier molecular flexibility index (Phi) is 3.30. The van der Waals surface area contributed by atoms with Crippen LogP contribution in [0.15, 0.2) is 35.7 Å². The van der Waals surface area contributed by atoms with Crippen molar-refractivity contribution < 1.29 is 9.53 Å². The number of carbonyl (C=O) groups is 1. The third-order valence-electron chi connectivity index (χ3n) is 2.24. The number of benzene rings is 1. The van der Waals surface area contributed by atoms with E-state index in [0.29, 0.717) is 22.0 Å². The molecule has 0 bridgehead atoms. The summed E-state index contributed by atoms with van der Waals surface area (Å²) < 4.78 is 5.08. The SMILES string of the molecule is COc1cc(NC(=O)c2cccs2)ccc1N. The van der Waals surface area contributed by atoms with Crippen LogP contribution in [-0.2, 0) is 0 Å².